The number of benzene rings is 3. The zero-order valence-corrected chi connectivity index (χ0v) is 21.1. The number of hydrogen-bond acceptors (Lipinski definition) is 7. The monoisotopic (exact) mass is 490 g/mol. The molecular weight excluding hydrogens is 460 g/mol. The van der Waals surface area contributed by atoms with Gasteiger partial charge in [0.05, 0.1) is 32.6 Å². The van der Waals surface area contributed by atoms with Crippen molar-refractivity contribution in [3.05, 3.63) is 59.7 Å². The van der Waals surface area contributed by atoms with E-state index in [2.05, 4.69) is 15.5 Å². The fourth-order valence-corrected chi connectivity index (χ4v) is 3.75. The molecule has 0 bridgehead atoms. The standard InChI is InChI=1S/C27H30N4O5/c1-6-34-24-14-18(15-25(35-7-2)26(24)36-8-3)27(32)28-21-16-23-22(13-17(21)4)29-31(30-23)19-9-11-20(33-5)12-10-19/h9-16H,6-8H2,1-5H3,(H,28,32). The van der Waals surface area contributed by atoms with Crippen LogP contribution < -0.4 is 24.3 Å². The molecule has 1 N–H and O–H groups in total. The SMILES string of the molecule is CCOc1cc(C(=O)Nc2cc3nn(-c4ccc(OC)cc4)nc3cc2C)cc(OCC)c1OCC. The lowest BCUT2D eigenvalue weighted by atomic mass is 10.1. The normalized spacial score (nSPS) is 10.8. The van der Waals surface area contributed by atoms with Gasteiger partial charge in [0.15, 0.2) is 11.5 Å². The average Bonchev–Trinajstić information content (AvgIpc) is 3.29. The molecular formula is C27H30N4O5. The minimum absolute atomic E-state index is 0.301. The van der Waals surface area contributed by atoms with Crippen LogP contribution in [0.5, 0.6) is 23.0 Å². The second kappa shape index (κ2) is 11.0. The summed E-state index contributed by atoms with van der Waals surface area (Å²) in [6.45, 7) is 8.85. The van der Waals surface area contributed by atoms with Gasteiger partial charge in [-0.2, -0.15) is 4.80 Å². The summed E-state index contributed by atoms with van der Waals surface area (Å²) >= 11 is 0. The van der Waals surface area contributed by atoms with E-state index < -0.39 is 0 Å². The maximum absolute atomic E-state index is 13.3. The molecule has 0 spiro atoms. The summed E-state index contributed by atoms with van der Waals surface area (Å²) in [7, 11) is 1.62. The molecule has 4 aromatic rings. The molecule has 3 aromatic carbocycles. The number of anilines is 1. The van der Waals surface area contributed by atoms with Crippen LogP contribution in [0.2, 0.25) is 0 Å². The van der Waals surface area contributed by atoms with Crippen LogP contribution in [-0.4, -0.2) is 47.8 Å². The quantitative estimate of drug-likeness (QED) is 0.327. The van der Waals surface area contributed by atoms with Gasteiger partial charge in [-0.1, -0.05) is 0 Å². The summed E-state index contributed by atoms with van der Waals surface area (Å²) in [6.07, 6.45) is 0. The third kappa shape index (κ3) is 5.19. The highest BCUT2D eigenvalue weighted by Gasteiger charge is 2.19. The summed E-state index contributed by atoms with van der Waals surface area (Å²) in [5.41, 5.74) is 4.07. The molecule has 1 amide bonds. The van der Waals surface area contributed by atoms with Gasteiger partial charge in [-0.3, -0.25) is 4.79 Å². The van der Waals surface area contributed by atoms with E-state index in [0.717, 1.165) is 22.5 Å². The van der Waals surface area contributed by atoms with Crippen LogP contribution >= 0.6 is 0 Å². The molecule has 9 nitrogen and oxygen atoms in total. The van der Waals surface area contributed by atoms with E-state index in [9.17, 15) is 4.79 Å². The van der Waals surface area contributed by atoms with Crippen molar-refractivity contribution in [2.24, 2.45) is 0 Å². The molecule has 0 aliphatic rings. The number of fused-ring (bicyclic) bond motifs is 1. The maximum atomic E-state index is 13.3. The second-order valence-corrected chi connectivity index (χ2v) is 7.90. The topological polar surface area (TPSA) is 96.7 Å². The Hall–Kier alpha value is -4.27. The number of carbonyl (C=O) groups excluding carboxylic acids is 1. The molecule has 0 aliphatic carbocycles. The van der Waals surface area contributed by atoms with Crippen LogP contribution in [0.15, 0.2) is 48.5 Å². The van der Waals surface area contributed by atoms with Gasteiger partial charge in [-0.05, 0) is 81.8 Å². The van der Waals surface area contributed by atoms with Crippen LogP contribution in [0.3, 0.4) is 0 Å². The molecule has 9 heteroatoms. The molecule has 36 heavy (non-hydrogen) atoms. The number of aryl methyl sites for hydroxylation is 1. The van der Waals surface area contributed by atoms with Crippen LogP contribution in [0.1, 0.15) is 36.7 Å². The van der Waals surface area contributed by atoms with E-state index in [-0.39, 0.29) is 5.91 Å². The molecule has 4 rings (SSSR count). The van der Waals surface area contributed by atoms with Gasteiger partial charge >= 0.3 is 0 Å². The largest absolute Gasteiger partial charge is 0.497 e. The van der Waals surface area contributed by atoms with Gasteiger partial charge < -0.3 is 24.3 Å². The van der Waals surface area contributed by atoms with Gasteiger partial charge in [0.25, 0.3) is 5.91 Å². The second-order valence-electron chi connectivity index (χ2n) is 7.90. The Balaban J connectivity index is 1.64. The van der Waals surface area contributed by atoms with E-state index in [1.165, 1.54) is 0 Å². The molecule has 188 valence electrons. The number of ether oxygens (including phenoxy) is 4. The molecule has 0 saturated carbocycles. The van der Waals surface area contributed by atoms with Crippen LogP contribution in [0.25, 0.3) is 16.7 Å². The van der Waals surface area contributed by atoms with E-state index in [0.29, 0.717) is 53.8 Å². The minimum atomic E-state index is -0.301. The van der Waals surface area contributed by atoms with Crippen molar-refractivity contribution in [2.45, 2.75) is 27.7 Å². The summed E-state index contributed by atoms with van der Waals surface area (Å²) < 4.78 is 22.4. The first-order valence-electron chi connectivity index (χ1n) is 11.9. The number of carbonyl (C=O) groups is 1. The van der Waals surface area contributed by atoms with Crippen LogP contribution in [0.4, 0.5) is 5.69 Å². The smallest absolute Gasteiger partial charge is 0.255 e. The highest BCUT2D eigenvalue weighted by molar-refractivity contribution is 6.06. The Morgan fingerprint density at radius 2 is 1.44 bits per heavy atom. The van der Waals surface area contributed by atoms with E-state index in [1.54, 1.807) is 24.0 Å². The first-order chi connectivity index (χ1) is 17.5. The van der Waals surface area contributed by atoms with Crippen molar-refractivity contribution < 1.29 is 23.7 Å². The molecule has 0 radical (unpaired) electrons. The first-order valence-corrected chi connectivity index (χ1v) is 11.9. The number of hydrogen-bond donors (Lipinski definition) is 1. The summed E-state index contributed by atoms with van der Waals surface area (Å²) in [6, 6.07) is 14.5. The van der Waals surface area contributed by atoms with Crippen LogP contribution in [0, 0.1) is 6.92 Å². The molecule has 0 atom stereocenters. The lowest BCUT2D eigenvalue weighted by molar-refractivity contribution is 0.102. The van der Waals surface area contributed by atoms with E-state index >= 15 is 0 Å². The molecule has 0 saturated heterocycles. The minimum Gasteiger partial charge on any atom is -0.497 e. The summed E-state index contributed by atoms with van der Waals surface area (Å²) in [5, 5.41) is 12.1. The van der Waals surface area contributed by atoms with Crippen molar-refractivity contribution >= 4 is 22.6 Å². The van der Waals surface area contributed by atoms with Crippen molar-refractivity contribution in [3.63, 3.8) is 0 Å². The molecule has 1 aromatic heterocycles. The average molecular weight is 491 g/mol. The van der Waals surface area contributed by atoms with Crippen molar-refractivity contribution in [1.82, 2.24) is 15.0 Å². The first kappa shape index (κ1) is 24.8. The van der Waals surface area contributed by atoms with Gasteiger partial charge in [-0.15, -0.1) is 10.2 Å². The van der Waals surface area contributed by atoms with Gasteiger partial charge in [0.1, 0.15) is 16.8 Å². The van der Waals surface area contributed by atoms with Crippen molar-refractivity contribution in [1.29, 1.82) is 0 Å². The predicted molar refractivity (Wildman–Crippen MR) is 138 cm³/mol. The van der Waals surface area contributed by atoms with Crippen LogP contribution in [-0.2, 0) is 0 Å². The highest BCUT2D eigenvalue weighted by Crippen LogP contribution is 2.39. The van der Waals surface area contributed by atoms with E-state index in [1.807, 2.05) is 64.1 Å². The summed E-state index contributed by atoms with van der Waals surface area (Å²) in [5.74, 6) is 1.87. The fourth-order valence-electron chi connectivity index (χ4n) is 3.75. The zero-order chi connectivity index (χ0) is 25.7. The molecule has 1 heterocycles. The highest BCUT2D eigenvalue weighted by atomic mass is 16.5. The maximum Gasteiger partial charge on any atom is 0.255 e. The number of nitrogens with zero attached hydrogens (tertiary/aromatic N) is 3. The third-order valence-corrected chi connectivity index (χ3v) is 5.45. The number of nitrogens with one attached hydrogen (secondary N) is 1. The molecule has 0 fully saturated rings. The lowest BCUT2D eigenvalue weighted by Gasteiger charge is -2.17. The Kier molecular flexibility index (Phi) is 7.58. The lowest BCUT2D eigenvalue weighted by Crippen LogP contribution is -2.14. The summed E-state index contributed by atoms with van der Waals surface area (Å²) in [4.78, 5) is 14.8. The number of methoxy groups -OCH3 is 1. The van der Waals surface area contributed by atoms with E-state index in [4.69, 9.17) is 18.9 Å². The predicted octanol–water partition coefficient (Wildman–Crippen LogP) is 5.19. The fraction of sp³-hybridized carbons (Fsp3) is 0.296. The third-order valence-electron chi connectivity index (χ3n) is 5.45. The Labute approximate surface area is 209 Å². The number of rotatable bonds is 10. The van der Waals surface area contributed by atoms with Gasteiger partial charge in [0.2, 0.25) is 5.75 Å². The Morgan fingerprint density at radius 1 is 0.861 bits per heavy atom. The Morgan fingerprint density at radius 3 is 2.00 bits per heavy atom. The number of aromatic nitrogens is 3. The molecule has 0 unspecified atom stereocenters. The molecule has 0 aliphatic heterocycles. The number of amides is 1. The van der Waals surface area contributed by atoms with Crippen molar-refractivity contribution in [2.75, 3.05) is 32.2 Å². The van der Waals surface area contributed by atoms with Crippen molar-refractivity contribution in [3.8, 4) is 28.7 Å². The van der Waals surface area contributed by atoms with Gasteiger partial charge in [-0.25, -0.2) is 0 Å². The Bertz CT molecular complexity index is 1340. The van der Waals surface area contributed by atoms with Gasteiger partial charge in [0, 0.05) is 11.3 Å². The zero-order valence-electron chi connectivity index (χ0n) is 21.1.